The van der Waals surface area contributed by atoms with Crippen LogP contribution in [0.15, 0.2) is 70.8 Å². The van der Waals surface area contributed by atoms with E-state index in [1.165, 1.54) is 22.2 Å². The smallest absolute Gasteiger partial charge is 0.412 e. The van der Waals surface area contributed by atoms with Crippen LogP contribution in [0.1, 0.15) is 30.9 Å². The minimum Gasteiger partial charge on any atom is -0.454 e. The number of hydrogen-bond donors (Lipinski definition) is 2. The van der Waals surface area contributed by atoms with E-state index in [1.807, 2.05) is 20.8 Å². The average Bonchev–Trinajstić information content (AvgIpc) is 3.31. The summed E-state index contributed by atoms with van der Waals surface area (Å²) in [4.78, 5) is 22.6. The van der Waals surface area contributed by atoms with Crippen LogP contribution in [-0.2, 0) is 19.6 Å². The molecule has 0 saturated heterocycles. The van der Waals surface area contributed by atoms with Gasteiger partial charge in [-0.05, 0) is 60.9 Å². The van der Waals surface area contributed by atoms with Gasteiger partial charge in [-0.2, -0.15) is 10.4 Å². The van der Waals surface area contributed by atoms with E-state index in [1.54, 1.807) is 48.7 Å². The molecule has 0 radical (unpaired) electrons. The first kappa shape index (κ1) is 30.4. The zero-order chi connectivity index (χ0) is 30.8. The maximum absolute atomic E-state index is 13.5. The van der Waals surface area contributed by atoms with Gasteiger partial charge in [-0.1, -0.05) is 54.7 Å². The van der Waals surface area contributed by atoms with Crippen molar-refractivity contribution in [3.05, 3.63) is 82.0 Å². The highest BCUT2D eigenvalue weighted by Crippen LogP contribution is 2.40. The number of carbonyl (C=O) groups is 2. The Labute approximate surface area is 251 Å². The number of nitriles is 1. The third-order valence-corrected chi connectivity index (χ3v) is 8.23. The number of nitrogens with two attached hydrogens (primary N) is 1. The van der Waals surface area contributed by atoms with Crippen LogP contribution in [0.2, 0.25) is 10.0 Å². The summed E-state index contributed by atoms with van der Waals surface area (Å²) < 4.78 is 38.4. The number of esters is 1. The number of carbonyl (C=O) groups excluding carboxylic acids is 2. The molecule has 216 valence electrons. The van der Waals surface area contributed by atoms with E-state index < -0.39 is 27.8 Å². The summed E-state index contributed by atoms with van der Waals surface area (Å²) in [5.41, 5.74) is 8.83. The van der Waals surface area contributed by atoms with E-state index in [-0.39, 0.29) is 32.3 Å². The summed E-state index contributed by atoms with van der Waals surface area (Å²) in [5.74, 6) is -0.905. The van der Waals surface area contributed by atoms with Gasteiger partial charge < -0.3 is 15.2 Å². The number of aryl methyl sites for hydroxylation is 1. The lowest BCUT2D eigenvalue weighted by atomic mass is 10.0. The lowest BCUT2D eigenvalue weighted by Gasteiger charge is -2.12. The van der Waals surface area contributed by atoms with Crippen LogP contribution in [0.4, 0.5) is 10.5 Å². The number of amides is 1. The van der Waals surface area contributed by atoms with E-state index >= 15 is 0 Å². The van der Waals surface area contributed by atoms with Crippen LogP contribution >= 0.6 is 23.2 Å². The molecule has 14 heteroatoms. The summed E-state index contributed by atoms with van der Waals surface area (Å²) in [6.07, 6.45) is 0.225. The van der Waals surface area contributed by atoms with Gasteiger partial charge in [0.25, 0.3) is 10.0 Å². The molecule has 0 bridgehead atoms. The maximum Gasteiger partial charge on any atom is 0.412 e. The third kappa shape index (κ3) is 6.33. The van der Waals surface area contributed by atoms with Crippen LogP contribution in [-0.4, -0.2) is 30.2 Å². The molecule has 3 aromatic carbocycles. The molecule has 11 nitrogen and oxygen atoms in total. The molecule has 1 aromatic heterocycles. The van der Waals surface area contributed by atoms with Gasteiger partial charge in [0.05, 0.1) is 26.1 Å². The van der Waals surface area contributed by atoms with Crippen LogP contribution < -0.4 is 15.9 Å². The molecule has 0 aliphatic rings. The zero-order valence-electron chi connectivity index (χ0n) is 22.4. The Kier molecular flexibility index (Phi) is 8.77. The molecule has 4 aromatic rings. The Balaban J connectivity index is 1.66. The number of primary amides is 1. The van der Waals surface area contributed by atoms with Crippen molar-refractivity contribution in [2.45, 2.75) is 31.6 Å². The highest BCUT2D eigenvalue weighted by Gasteiger charge is 2.23. The number of nitrogens with zero attached hydrogens (tertiary/aromatic N) is 3. The summed E-state index contributed by atoms with van der Waals surface area (Å²) in [6.45, 7) is 5.80. The van der Waals surface area contributed by atoms with Crippen molar-refractivity contribution >= 4 is 67.6 Å². The number of anilines is 1. The molecule has 3 N–H and O–H groups in total. The second-order valence-corrected chi connectivity index (χ2v) is 11.9. The lowest BCUT2D eigenvalue weighted by Crippen LogP contribution is -2.24. The Hall–Kier alpha value is -4.57. The van der Waals surface area contributed by atoms with Gasteiger partial charge in [0.15, 0.2) is 5.75 Å². The molecule has 0 spiro atoms. The number of ether oxygens (including phenoxy) is 2. The van der Waals surface area contributed by atoms with Gasteiger partial charge in [0.1, 0.15) is 11.8 Å². The van der Waals surface area contributed by atoms with Crippen LogP contribution in [0, 0.1) is 18.3 Å². The first-order chi connectivity index (χ1) is 19.8. The van der Waals surface area contributed by atoms with Crippen LogP contribution in [0.5, 0.6) is 11.5 Å². The number of nitrogens with one attached hydrogen (secondary N) is 1. The molecule has 0 saturated carbocycles. The predicted octanol–water partition coefficient (Wildman–Crippen LogP) is 6.32. The Morgan fingerprint density at radius 3 is 2.29 bits per heavy atom. The topological polar surface area (TPSA) is 166 Å². The highest BCUT2D eigenvalue weighted by atomic mass is 35.5. The van der Waals surface area contributed by atoms with Crippen molar-refractivity contribution in [2.75, 3.05) is 5.43 Å². The average molecular weight is 628 g/mol. The fraction of sp³-hybridized carbons (Fsp3) is 0.143. The van der Waals surface area contributed by atoms with Crippen molar-refractivity contribution in [1.82, 2.24) is 3.97 Å². The van der Waals surface area contributed by atoms with Gasteiger partial charge in [-0.25, -0.2) is 22.0 Å². The SMILES string of the molecule is Cc1ccc(S(=O)(=O)n2cc(C(C)C)c3cc(Oc4c(Cl)cc(NN=C(C#N)C(=O)OC(N)=O)cc4Cl)ccc32)cc1. The number of fused-ring (bicyclic) bond motifs is 1. The number of hydrazone groups is 1. The minimum absolute atomic E-state index is 0.00568. The van der Waals surface area contributed by atoms with Crippen molar-refractivity contribution in [1.29, 1.82) is 5.26 Å². The third-order valence-electron chi connectivity index (χ3n) is 5.98. The van der Waals surface area contributed by atoms with Gasteiger partial charge in [-0.3, -0.25) is 5.43 Å². The first-order valence-electron chi connectivity index (χ1n) is 12.2. The summed E-state index contributed by atoms with van der Waals surface area (Å²) in [7, 11) is -3.87. The Bertz CT molecular complexity index is 1870. The van der Waals surface area contributed by atoms with Gasteiger partial charge in [-0.15, -0.1) is 0 Å². The van der Waals surface area contributed by atoms with Gasteiger partial charge >= 0.3 is 12.1 Å². The summed E-state index contributed by atoms with van der Waals surface area (Å²) >= 11 is 12.8. The zero-order valence-corrected chi connectivity index (χ0v) is 24.7. The molecular weight excluding hydrogens is 605 g/mol. The number of rotatable bonds is 8. The predicted molar refractivity (Wildman–Crippen MR) is 159 cm³/mol. The van der Waals surface area contributed by atoms with Gasteiger partial charge in [0.2, 0.25) is 5.71 Å². The Morgan fingerprint density at radius 1 is 1.07 bits per heavy atom. The molecule has 1 amide bonds. The molecular formula is C28H23Cl2N5O6S. The van der Waals surface area contributed by atoms with Crippen LogP contribution in [0.3, 0.4) is 0 Å². The molecule has 0 atom stereocenters. The molecule has 0 aliphatic carbocycles. The highest BCUT2D eigenvalue weighted by molar-refractivity contribution is 7.90. The van der Waals surface area contributed by atoms with E-state index in [0.717, 1.165) is 11.1 Å². The molecule has 0 aliphatic heterocycles. The normalized spacial score (nSPS) is 11.8. The quantitative estimate of drug-likeness (QED) is 0.0990. The maximum atomic E-state index is 13.5. The van der Waals surface area contributed by atoms with Crippen LogP contribution in [0.25, 0.3) is 10.9 Å². The second kappa shape index (κ2) is 12.1. The standard InChI is InChI=1S/C28H23Cl2N5O6S/c1-15(2)21-14-35(42(38,39)19-7-4-16(3)5-8-19)25-9-6-18(12-20(21)25)40-26-22(29)10-17(11-23(26)30)33-34-24(13-31)27(36)41-28(32)37/h4-12,14-15,33H,1-3H3,(H2,32,37). The first-order valence-corrected chi connectivity index (χ1v) is 14.4. The molecule has 0 fully saturated rings. The number of halogens is 2. The number of benzene rings is 3. The molecule has 1 heterocycles. The lowest BCUT2D eigenvalue weighted by molar-refractivity contribution is -0.129. The molecule has 4 rings (SSSR count). The number of aromatic nitrogens is 1. The van der Waals surface area contributed by atoms with E-state index in [2.05, 4.69) is 15.3 Å². The van der Waals surface area contributed by atoms with E-state index in [9.17, 15) is 18.0 Å². The molecule has 42 heavy (non-hydrogen) atoms. The fourth-order valence-electron chi connectivity index (χ4n) is 3.97. The van der Waals surface area contributed by atoms with Crippen molar-refractivity contribution in [3.63, 3.8) is 0 Å². The Morgan fingerprint density at radius 2 is 1.71 bits per heavy atom. The van der Waals surface area contributed by atoms with Crippen molar-refractivity contribution in [2.24, 2.45) is 10.8 Å². The van der Waals surface area contributed by atoms with Crippen molar-refractivity contribution < 1.29 is 27.5 Å². The number of hydrogen-bond acceptors (Lipinski definition) is 9. The monoisotopic (exact) mass is 627 g/mol. The van der Waals surface area contributed by atoms with E-state index in [0.29, 0.717) is 16.7 Å². The largest absolute Gasteiger partial charge is 0.454 e. The minimum atomic E-state index is -3.87. The summed E-state index contributed by atoms with van der Waals surface area (Å²) in [5, 5.41) is 13.4. The van der Waals surface area contributed by atoms with E-state index in [4.69, 9.17) is 38.9 Å². The van der Waals surface area contributed by atoms with Gasteiger partial charge in [0, 0.05) is 11.6 Å². The fourth-order valence-corrected chi connectivity index (χ4v) is 5.91. The second-order valence-electron chi connectivity index (χ2n) is 9.30. The molecule has 0 unspecified atom stereocenters. The summed E-state index contributed by atoms with van der Waals surface area (Å²) in [6, 6.07) is 15.8. The van der Waals surface area contributed by atoms with Crippen molar-refractivity contribution in [3.8, 4) is 17.6 Å².